The fraction of sp³-hybridized carbons (Fsp3) is 0. The van der Waals surface area contributed by atoms with E-state index in [-0.39, 0.29) is 0 Å². The van der Waals surface area contributed by atoms with E-state index in [4.69, 9.17) is 4.84 Å². The second-order valence-corrected chi connectivity index (χ2v) is 5.45. The third-order valence-corrected chi connectivity index (χ3v) is 3.95. The molecule has 2 aromatic carbocycles. The molecule has 4 aromatic rings. The van der Waals surface area contributed by atoms with Gasteiger partial charge in [-0.05, 0) is 23.4 Å². The number of rotatable bonds is 3. The highest BCUT2D eigenvalue weighted by atomic mass is 32.1. The number of para-hydroxylation sites is 1. The lowest BCUT2D eigenvalue weighted by Gasteiger charge is -2.06. The molecule has 0 fully saturated rings. The topological polar surface area (TPSA) is 82.8 Å². The van der Waals surface area contributed by atoms with Gasteiger partial charge >= 0.3 is 5.97 Å². The van der Waals surface area contributed by atoms with Gasteiger partial charge in [0.25, 0.3) is 0 Å². The molecule has 0 aliphatic rings. The number of benzene rings is 2. The van der Waals surface area contributed by atoms with Crippen molar-refractivity contribution in [1.29, 1.82) is 0 Å². The minimum absolute atomic E-state index is 0.392. The third kappa shape index (κ3) is 2.44. The second-order valence-electron chi connectivity index (χ2n) is 4.62. The fourth-order valence-electron chi connectivity index (χ4n) is 2.18. The zero-order chi connectivity index (χ0) is 15.6. The van der Waals surface area contributed by atoms with Gasteiger partial charge in [-0.1, -0.05) is 46.5 Å². The van der Waals surface area contributed by atoms with Crippen molar-refractivity contribution in [3.05, 3.63) is 59.6 Å². The van der Waals surface area contributed by atoms with Gasteiger partial charge in [-0.25, -0.2) is 4.79 Å². The van der Waals surface area contributed by atoms with E-state index in [9.17, 15) is 4.79 Å². The molecule has 0 N–H and O–H groups in total. The normalized spacial score (nSPS) is 10.8. The average molecular weight is 323 g/mol. The van der Waals surface area contributed by atoms with Gasteiger partial charge in [0.2, 0.25) is 0 Å². The van der Waals surface area contributed by atoms with Crippen LogP contribution in [0.2, 0.25) is 0 Å². The molecule has 8 heteroatoms. The minimum atomic E-state index is -0.536. The average Bonchev–Trinajstić information content (AvgIpc) is 3.25. The predicted molar refractivity (Wildman–Crippen MR) is 83.8 cm³/mol. The van der Waals surface area contributed by atoms with Crippen LogP contribution >= 0.6 is 11.3 Å². The van der Waals surface area contributed by atoms with E-state index in [1.807, 2.05) is 18.2 Å². The van der Waals surface area contributed by atoms with Crippen LogP contribution in [0, 0.1) is 0 Å². The van der Waals surface area contributed by atoms with Gasteiger partial charge < -0.3 is 4.84 Å². The molecule has 0 spiro atoms. The van der Waals surface area contributed by atoms with E-state index in [1.54, 1.807) is 35.8 Å². The monoisotopic (exact) mass is 323 g/mol. The van der Waals surface area contributed by atoms with Crippen LogP contribution in [0.15, 0.2) is 54.0 Å². The Bertz CT molecular complexity index is 980. The second kappa shape index (κ2) is 5.58. The van der Waals surface area contributed by atoms with Crippen molar-refractivity contribution in [2.75, 3.05) is 0 Å². The van der Waals surface area contributed by atoms with Gasteiger partial charge in [0.1, 0.15) is 21.6 Å². The largest absolute Gasteiger partial charge is 0.366 e. The molecule has 112 valence electrons. The first-order valence-corrected chi connectivity index (χ1v) is 7.59. The number of carbonyl (C=O) groups is 1. The maximum Gasteiger partial charge on any atom is 0.366 e. The first-order chi connectivity index (χ1) is 11.3. The summed E-state index contributed by atoms with van der Waals surface area (Å²) in [5, 5.41) is 16.3. The number of carbonyl (C=O) groups excluding carboxylic acids is 1. The van der Waals surface area contributed by atoms with Crippen molar-refractivity contribution >= 4 is 28.3 Å². The summed E-state index contributed by atoms with van der Waals surface area (Å²) >= 11 is 1.35. The van der Waals surface area contributed by atoms with Gasteiger partial charge in [-0.3, -0.25) is 0 Å². The van der Waals surface area contributed by atoms with E-state index in [0.29, 0.717) is 27.2 Å². The Morgan fingerprint density at radius 2 is 1.87 bits per heavy atom. The molecule has 0 amide bonds. The molecule has 0 saturated carbocycles. The molecule has 0 saturated heterocycles. The quantitative estimate of drug-likeness (QED) is 0.538. The number of hydrogen-bond acceptors (Lipinski definition) is 7. The summed E-state index contributed by atoms with van der Waals surface area (Å²) in [6.45, 7) is 0. The van der Waals surface area contributed by atoms with E-state index >= 15 is 0 Å². The van der Waals surface area contributed by atoms with Crippen LogP contribution in [0.3, 0.4) is 0 Å². The summed E-state index contributed by atoms with van der Waals surface area (Å²) in [4.78, 5) is 19.0. The molecule has 0 aliphatic carbocycles. The summed E-state index contributed by atoms with van der Waals surface area (Å²) in [6.07, 6.45) is 0. The SMILES string of the molecule is O=C(On1nnc2ccccc21)c1ccccc1-c1nncs1. The zero-order valence-corrected chi connectivity index (χ0v) is 12.5. The van der Waals surface area contributed by atoms with Gasteiger partial charge in [0.05, 0.1) is 5.56 Å². The van der Waals surface area contributed by atoms with E-state index < -0.39 is 5.97 Å². The Morgan fingerprint density at radius 3 is 2.74 bits per heavy atom. The standard InChI is InChI=1S/C15H9N5O2S/c21-15(22-20-13-8-4-3-7-12(13)17-19-20)11-6-2-1-5-10(11)14-18-16-9-23-14/h1-9H. The Hall–Kier alpha value is -3.13. The lowest BCUT2D eigenvalue weighted by Crippen LogP contribution is -2.21. The zero-order valence-electron chi connectivity index (χ0n) is 11.7. The van der Waals surface area contributed by atoms with E-state index in [0.717, 1.165) is 4.85 Å². The van der Waals surface area contributed by atoms with Gasteiger partial charge in [-0.2, -0.15) is 0 Å². The van der Waals surface area contributed by atoms with Crippen LogP contribution in [0.5, 0.6) is 0 Å². The molecular weight excluding hydrogens is 314 g/mol. The molecular formula is C15H9N5O2S. The molecule has 7 nitrogen and oxygen atoms in total. The highest BCUT2D eigenvalue weighted by Gasteiger charge is 2.18. The summed E-state index contributed by atoms with van der Waals surface area (Å²) in [6, 6.07) is 14.3. The maximum atomic E-state index is 12.5. The third-order valence-electron chi connectivity index (χ3n) is 3.23. The van der Waals surface area contributed by atoms with Crippen LogP contribution in [-0.2, 0) is 0 Å². The molecule has 0 aliphatic heterocycles. The highest BCUT2D eigenvalue weighted by molar-refractivity contribution is 7.12. The Morgan fingerprint density at radius 1 is 1.04 bits per heavy atom. The van der Waals surface area contributed by atoms with Crippen molar-refractivity contribution in [1.82, 2.24) is 25.4 Å². The minimum Gasteiger partial charge on any atom is -0.312 e. The summed E-state index contributed by atoms with van der Waals surface area (Å²) in [5.41, 5.74) is 3.95. The Labute approximate surface area is 134 Å². The van der Waals surface area contributed by atoms with Gasteiger partial charge in [0.15, 0.2) is 0 Å². The van der Waals surface area contributed by atoms with Crippen molar-refractivity contribution in [3.63, 3.8) is 0 Å². The number of aromatic nitrogens is 5. The molecule has 0 radical (unpaired) electrons. The molecule has 23 heavy (non-hydrogen) atoms. The predicted octanol–water partition coefficient (Wildman–Crippen LogP) is 2.22. The number of hydrogen-bond donors (Lipinski definition) is 0. The molecule has 2 heterocycles. The Kier molecular flexibility index (Phi) is 3.28. The highest BCUT2D eigenvalue weighted by Crippen LogP contribution is 2.25. The van der Waals surface area contributed by atoms with Crippen LogP contribution in [0.25, 0.3) is 21.6 Å². The first-order valence-electron chi connectivity index (χ1n) is 6.71. The summed E-state index contributed by atoms with van der Waals surface area (Å²) in [7, 11) is 0. The van der Waals surface area contributed by atoms with Crippen molar-refractivity contribution < 1.29 is 9.63 Å². The lowest BCUT2D eigenvalue weighted by molar-refractivity contribution is 0.0409. The Balaban J connectivity index is 1.71. The molecule has 2 aromatic heterocycles. The molecule has 4 rings (SSSR count). The van der Waals surface area contributed by atoms with E-state index in [2.05, 4.69) is 20.5 Å². The maximum absolute atomic E-state index is 12.5. The van der Waals surface area contributed by atoms with Gasteiger partial charge in [-0.15, -0.1) is 15.3 Å². The van der Waals surface area contributed by atoms with Crippen LogP contribution in [0.1, 0.15) is 10.4 Å². The van der Waals surface area contributed by atoms with Gasteiger partial charge in [0, 0.05) is 5.56 Å². The number of fused-ring (bicyclic) bond motifs is 1. The van der Waals surface area contributed by atoms with Crippen LogP contribution < -0.4 is 4.84 Å². The molecule has 0 unspecified atom stereocenters. The van der Waals surface area contributed by atoms with Crippen molar-refractivity contribution in [3.8, 4) is 10.6 Å². The lowest BCUT2D eigenvalue weighted by atomic mass is 10.1. The number of nitrogens with zero attached hydrogens (tertiary/aromatic N) is 5. The molecule has 0 bridgehead atoms. The summed E-state index contributed by atoms with van der Waals surface area (Å²) < 4.78 is 0. The van der Waals surface area contributed by atoms with Crippen LogP contribution in [-0.4, -0.2) is 31.3 Å². The van der Waals surface area contributed by atoms with Crippen LogP contribution in [0.4, 0.5) is 0 Å². The van der Waals surface area contributed by atoms with E-state index in [1.165, 1.54) is 11.3 Å². The van der Waals surface area contributed by atoms with Crippen molar-refractivity contribution in [2.24, 2.45) is 0 Å². The molecule has 0 atom stereocenters. The van der Waals surface area contributed by atoms with Crippen molar-refractivity contribution in [2.45, 2.75) is 0 Å². The summed E-state index contributed by atoms with van der Waals surface area (Å²) in [5.74, 6) is -0.536. The fourth-order valence-corrected chi connectivity index (χ4v) is 2.77. The smallest absolute Gasteiger partial charge is 0.312 e. The first kappa shape index (κ1) is 13.5.